The van der Waals surface area contributed by atoms with Gasteiger partial charge in [0.05, 0.1) is 11.2 Å². The summed E-state index contributed by atoms with van der Waals surface area (Å²) in [4.78, 5) is 5.22. The molecular weight excluding hydrogens is 609 g/mol. The molecule has 1 aliphatic heterocycles. The molecule has 0 spiro atoms. The summed E-state index contributed by atoms with van der Waals surface area (Å²) in [6, 6.07) is 60.8. The lowest BCUT2D eigenvalue weighted by molar-refractivity contribution is 0.478. The average molecular weight is 637 g/mol. The molecule has 0 radical (unpaired) electrons. The molecule has 0 N–H and O–H groups in total. The number of para-hydroxylation sites is 2. The first-order valence-corrected chi connectivity index (χ1v) is 17.1. The van der Waals surface area contributed by atoms with Crippen LogP contribution in [0.4, 0.5) is 0 Å². The van der Waals surface area contributed by atoms with E-state index >= 15 is 0 Å². The molecule has 3 nitrogen and oxygen atoms in total. The molecule has 0 unspecified atom stereocenters. The highest BCUT2D eigenvalue weighted by molar-refractivity contribution is 6.24. The van der Waals surface area contributed by atoms with E-state index in [1.54, 1.807) is 0 Å². The maximum atomic E-state index is 6.96. The van der Waals surface area contributed by atoms with Gasteiger partial charge in [0.15, 0.2) is 11.5 Å². The van der Waals surface area contributed by atoms with Crippen LogP contribution in [0.3, 0.4) is 0 Å². The van der Waals surface area contributed by atoms with E-state index in [1.165, 1.54) is 59.8 Å². The summed E-state index contributed by atoms with van der Waals surface area (Å²) < 4.78 is 9.26. The van der Waals surface area contributed by atoms with E-state index in [4.69, 9.17) is 9.72 Å². The third-order valence-electron chi connectivity index (χ3n) is 10.4. The summed E-state index contributed by atoms with van der Waals surface area (Å²) in [6.07, 6.45) is 0. The summed E-state index contributed by atoms with van der Waals surface area (Å²) >= 11 is 0. The van der Waals surface area contributed by atoms with Crippen molar-refractivity contribution in [3.8, 4) is 50.8 Å². The van der Waals surface area contributed by atoms with E-state index in [0.29, 0.717) is 0 Å². The van der Waals surface area contributed by atoms with Gasteiger partial charge in [0.2, 0.25) is 0 Å². The van der Waals surface area contributed by atoms with Crippen molar-refractivity contribution in [2.75, 3.05) is 0 Å². The topological polar surface area (TPSA) is 27.1 Å². The van der Waals surface area contributed by atoms with Crippen molar-refractivity contribution in [2.24, 2.45) is 0 Å². The number of hydrogen-bond acceptors (Lipinski definition) is 2. The van der Waals surface area contributed by atoms with Gasteiger partial charge in [0, 0.05) is 16.7 Å². The molecule has 2 heterocycles. The maximum absolute atomic E-state index is 6.96. The molecule has 0 aliphatic carbocycles. The summed E-state index contributed by atoms with van der Waals surface area (Å²) in [5.41, 5.74) is 8.67. The fourth-order valence-electron chi connectivity index (χ4n) is 8.20. The molecule has 10 aromatic rings. The van der Waals surface area contributed by atoms with Crippen LogP contribution in [0.15, 0.2) is 170 Å². The predicted molar refractivity (Wildman–Crippen MR) is 207 cm³/mol. The number of aromatic nitrogens is 2. The van der Waals surface area contributed by atoms with Crippen molar-refractivity contribution < 1.29 is 4.74 Å². The van der Waals surface area contributed by atoms with Gasteiger partial charge < -0.3 is 4.74 Å². The van der Waals surface area contributed by atoms with Crippen molar-refractivity contribution in [3.63, 3.8) is 0 Å². The quantitative estimate of drug-likeness (QED) is 0.180. The first-order chi connectivity index (χ1) is 24.8. The second-order valence-electron chi connectivity index (χ2n) is 13.1. The van der Waals surface area contributed by atoms with Crippen molar-refractivity contribution in [3.05, 3.63) is 170 Å². The zero-order valence-electron chi connectivity index (χ0n) is 27.0. The first-order valence-electron chi connectivity index (χ1n) is 17.1. The van der Waals surface area contributed by atoms with Crippen molar-refractivity contribution in [1.82, 2.24) is 9.55 Å². The van der Waals surface area contributed by atoms with Crippen LogP contribution in [0.1, 0.15) is 0 Å². The Kier molecular flexibility index (Phi) is 5.67. The third-order valence-corrected chi connectivity index (χ3v) is 10.4. The van der Waals surface area contributed by atoms with E-state index in [-0.39, 0.29) is 0 Å². The van der Waals surface area contributed by atoms with Gasteiger partial charge in [-0.25, -0.2) is 4.98 Å². The van der Waals surface area contributed by atoms with Crippen LogP contribution in [-0.2, 0) is 0 Å². The minimum Gasteiger partial charge on any atom is -0.452 e. The first kappa shape index (κ1) is 27.3. The number of fused-ring (bicyclic) bond motifs is 6. The van der Waals surface area contributed by atoms with Gasteiger partial charge in [0.25, 0.3) is 0 Å². The highest BCUT2D eigenvalue weighted by Gasteiger charge is 2.29. The lowest BCUT2D eigenvalue weighted by Gasteiger charge is -2.25. The number of imidazole rings is 1. The zero-order valence-corrected chi connectivity index (χ0v) is 27.0. The summed E-state index contributed by atoms with van der Waals surface area (Å²) in [5, 5.41) is 9.70. The molecule has 0 saturated heterocycles. The SMILES string of the molecule is c1cc(-c2c3ccccc3c(-c3cccc4ccccc34)c3ccccc23)c2c(c1)-n1c(-c3ccc4ccccc4c3)nc3cccc(c31)O2. The Morgan fingerprint density at radius 1 is 0.440 bits per heavy atom. The predicted octanol–water partition coefficient (Wildman–Crippen LogP) is 12.7. The van der Waals surface area contributed by atoms with E-state index in [9.17, 15) is 0 Å². The third kappa shape index (κ3) is 3.83. The van der Waals surface area contributed by atoms with Crippen LogP contribution in [0.2, 0.25) is 0 Å². The zero-order chi connectivity index (χ0) is 32.8. The molecule has 50 heavy (non-hydrogen) atoms. The van der Waals surface area contributed by atoms with Crippen LogP contribution < -0.4 is 4.74 Å². The molecule has 0 atom stereocenters. The lowest BCUT2D eigenvalue weighted by atomic mass is 9.84. The van der Waals surface area contributed by atoms with Crippen molar-refractivity contribution in [2.45, 2.75) is 0 Å². The molecule has 11 rings (SSSR count). The highest BCUT2D eigenvalue weighted by atomic mass is 16.5. The Bertz CT molecular complexity index is 2960. The van der Waals surface area contributed by atoms with Gasteiger partial charge in [-0.15, -0.1) is 0 Å². The van der Waals surface area contributed by atoms with Gasteiger partial charge in [-0.05, 0) is 78.5 Å². The molecular formula is C47H28N2O. The number of ether oxygens (including phenoxy) is 1. The number of rotatable bonds is 3. The molecule has 9 aromatic carbocycles. The average Bonchev–Trinajstić information content (AvgIpc) is 3.58. The number of benzene rings is 9. The number of nitrogens with zero attached hydrogens (tertiary/aromatic N) is 2. The van der Waals surface area contributed by atoms with Crippen molar-refractivity contribution >= 4 is 54.1 Å². The monoisotopic (exact) mass is 636 g/mol. The van der Waals surface area contributed by atoms with E-state index in [2.05, 4.69) is 168 Å². The minimum atomic E-state index is 0.808. The Morgan fingerprint density at radius 3 is 1.78 bits per heavy atom. The van der Waals surface area contributed by atoms with Crippen LogP contribution in [0.25, 0.3) is 93.5 Å². The van der Waals surface area contributed by atoms with E-state index < -0.39 is 0 Å². The fourth-order valence-corrected chi connectivity index (χ4v) is 8.20. The fraction of sp³-hybridized carbons (Fsp3) is 0. The Hall–Kier alpha value is -6.71. The van der Waals surface area contributed by atoms with Gasteiger partial charge in [0.1, 0.15) is 11.3 Å². The second kappa shape index (κ2) is 10.4. The Balaban J connectivity index is 1.22. The minimum absolute atomic E-state index is 0.808. The molecule has 1 aromatic heterocycles. The molecule has 0 bridgehead atoms. The number of hydrogen-bond donors (Lipinski definition) is 0. The van der Waals surface area contributed by atoms with Crippen LogP contribution in [0, 0.1) is 0 Å². The molecule has 0 saturated carbocycles. The lowest BCUT2D eigenvalue weighted by Crippen LogP contribution is -2.07. The molecule has 0 fully saturated rings. The van der Waals surface area contributed by atoms with Crippen LogP contribution in [-0.4, -0.2) is 9.55 Å². The second-order valence-corrected chi connectivity index (χ2v) is 13.1. The van der Waals surface area contributed by atoms with Crippen LogP contribution >= 0.6 is 0 Å². The van der Waals surface area contributed by atoms with Gasteiger partial charge >= 0.3 is 0 Å². The van der Waals surface area contributed by atoms with Gasteiger partial charge in [-0.1, -0.05) is 146 Å². The van der Waals surface area contributed by atoms with E-state index in [1.807, 2.05) is 6.07 Å². The summed E-state index contributed by atoms with van der Waals surface area (Å²) in [6.45, 7) is 0. The molecule has 232 valence electrons. The van der Waals surface area contributed by atoms with Gasteiger partial charge in [-0.2, -0.15) is 0 Å². The van der Waals surface area contributed by atoms with E-state index in [0.717, 1.165) is 45.2 Å². The maximum Gasteiger partial charge on any atom is 0.159 e. The molecule has 0 amide bonds. The summed E-state index contributed by atoms with van der Waals surface area (Å²) in [5.74, 6) is 2.55. The van der Waals surface area contributed by atoms with Crippen molar-refractivity contribution in [1.29, 1.82) is 0 Å². The largest absolute Gasteiger partial charge is 0.452 e. The van der Waals surface area contributed by atoms with Gasteiger partial charge in [-0.3, -0.25) is 4.57 Å². The smallest absolute Gasteiger partial charge is 0.159 e. The Labute approximate surface area is 288 Å². The standard InChI is InChI=1S/C47H28N2O/c1-2-14-31-28-32(27-26-29(31)12-1)47-48-40-23-11-25-42-45(40)49(47)41-24-10-22-39(46(41)50-42)44-37-19-7-5-17-35(37)43(36-18-6-8-20-38(36)44)34-21-9-15-30-13-3-4-16-33(30)34/h1-28H. The molecule has 3 heteroatoms. The highest BCUT2D eigenvalue weighted by Crippen LogP contribution is 2.52. The Morgan fingerprint density at radius 2 is 1.02 bits per heavy atom. The summed E-state index contributed by atoms with van der Waals surface area (Å²) in [7, 11) is 0. The van der Waals surface area contributed by atoms with Crippen LogP contribution in [0.5, 0.6) is 11.5 Å². The molecule has 1 aliphatic rings. The normalized spacial score (nSPS) is 12.2.